The Hall–Kier alpha value is -2.48. The Morgan fingerprint density at radius 1 is 0.900 bits per heavy atom. The number of rotatable bonds is 2. The Bertz CT molecular complexity index is 706. The van der Waals surface area contributed by atoms with E-state index in [0.29, 0.717) is 0 Å². The maximum absolute atomic E-state index is 4.38. The molecule has 0 N–H and O–H groups in total. The Balaban J connectivity index is 0.000000704. The summed E-state index contributed by atoms with van der Waals surface area (Å²) < 4.78 is 0. The molecule has 100 valence electrons. The zero-order valence-electron chi connectivity index (χ0n) is 11.9. The molecule has 0 saturated heterocycles. The Kier molecular flexibility index (Phi) is 4.26. The van der Waals surface area contributed by atoms with Gasteiger partial charge in [-0.1, -0.05) is 63.4 Å². The normalized spacial score (nSPS) is 9.90. The predicted octanol–water partition coefficient (Wildman–Crippen LogP) is 5.10. The van der Waals surface area contributed by atoms with Crippen molar-refractivity contribution in [1.82, 2.24) is 9.97 Å². The number of fused-ring (bicyclic) bond motifs is 3. The van der Waals surface area contributed by atoms with E-state index in [1.54, 1.807) is 6.33 Å². The van der Waals surface area contributed by atoms with Crippen LogP contribution in [0.3, 0.4) is 0 Å². The van der Waals surface area contributed by atoms with Crippen molar-refractivity contribution < 1.29 is 0 Å². The van der Waals surface area contributed by atoms with Crippen LogP contribution in [0.5, 0.6) is 0 Å². The van der Waals surface area contributed by atoms with Crippen molar-refractivity contribution in [3.05, 3.63) is 61.1 Å². The summed E-state index contributed by atoms with van der Waals surface area (Å²) >= 11 is 0. The Morgan fingerprint density at radius 2 is 1.55 bits per heavy atom. The fraction of sp³-hybridized carbons (Fsp3) is 0.111. The summed E-state index contributed by atoms with van der Waals surface area (Å²) in [5.41, 5.74) is 3.02. The molecule has 3 aromatic rings. The van der Waals surface area contributed by atoms with Crippen molar-refractivity contribution in [3.63, 3.8) is 0 Å². The van der Waals surface area contributed by atoms with Gasteiger partial charge in [0.05, 0.1) is 5.52 Å². The maximum atomic E-state index is 4.38. The van der Waals surface area contributed by atoms with E-state index in [-0.39, 0.29) is 0 Å². The molecule has 0 unspecified atom stereocenters. The van der Waals surface area contributed by atoms with E-state index < -0.39 is 0 Å². The van der Waals surface area contributed by atoms with Gasteiger partial charge in [-0.25, -0.2) is 9.97 Å². The molecule has 0 fully saturated rings. The van der Waals surface area contributed by atoms with Crippen LogP contribution in [-0.2, 0) is 0 Å². The van der Waals surface area contributed by atoms with Crippen LogP contribution in [0.1, 0.15) is 25.0 Å². The van der Waals surface area contributed by atoms with E-state index in [9.17, 15) is 0 Å². The van der Waals surface area contributed by atoms with Crippen molar-refractivity contribution in [2.45, 2.75) is 13.8 Å². The standard InChI is InChI=1S/C16H12N2.C2H6/c1-3-11-12(4-2)16-15(9-17-10-18-16)14-8-6-5-7-13(11)14;1-2/h3-10H,1-2H2;1-2H3. The fourth-order valence-corrected chi connectivity index (χ4v) is 2.39. The summed E-state index contributed by atoms with van der Waals surface area (Å²) in [5.74, 6) is 0. The second kappa shape index (κ2) is 6.11. The number of benzene rings is 2. The third kappa shape index (κ3) is 2.10. The van der Waals surface area contributed by atoms with E-state index in [1.807, 2.05) is 44.3 Å². The first kappa shape index (κ1) is 13.9. The number of aromatic nitrogens is 2. The summed E-state index contributed by atoms with van der Waals surface area (Å²) in [7, 11) is 0. The minimum Gasteiger partial charge on any atom is -0.244 e. The lowest BCUT2D eigenvalue weighted by atomic mass is 9.95. The molecule has 0 radical (unpaired) electrons. The van der Waals surface area contributed by atoms with Crippen LogP contribution in [-0.4, -0.2) is 9.97 Å². The average Bonchev–Trinajstić information content (AvgIpc) is 2.55. The smallest absolute Gasteiger partial charge is 0.116 e. The van der Waals surface area contributed by atoms with Gasteiger partial charge < -0.3 is 0 Å². The minimum absolute atomic E-state index is 0.925. The highest BCUT2D eigenvalue weighted by Gasteiger charge is 2.10. The summed E-state index contributed by atoms with van der Waals surface area (Å²) in [4.78, 5) is 8.50. The molecule has 1 aromatic heterocycles. The van der Waals surface area contributed by atoms with Gasteiger partial charge in [0.1, 0.15) is 6.33 Å². The SMILES string of the molecule is C=Cc1c(C=C)c2ncncc2c2ccccc12.CC. The van der Waals surface area contributed by atoms with Gasteiger partial charge in [-0.05, 0) is 16.3 Å². The van der Waals surface area contributed by atoms with Gasteiger partial charge in [-0.3, -0.25) is 0 Å². The second-order valence-corrected chi connectivity index (χ2v) is 4.07. The van der Waals surface area contributed by atoms with Gasteiger partial charge >= 0.3 is 0 Å². The highest BCUT2D eigenvalue weighted by molar-refractivity contribution is 6.13. The summed E-state index contributed by atoms with van der Waals surface area (Å²) in [5, 5.41) is 3.35. The van der Waals surface area contributed by atoms with E-state index in [4.69, 9.17) is 0 Å². The summed E-state index contributed by atoms with van der Waals surface area (Å²) in [6, 6.07) is 8.22. The zero-order chi connectivity index (χ0) is 14.5. The molecule has 3 rings (SSSR count). The molecule has 20 heavy (non-hydrogen) atoms. The monoisotopic (exact) mass is 262 g/mol. The summed E-state index contributed by atoms with van der Waals surface area (Å²) in [6.45, 7) is 11.8. The second-order valence-electron chi connectivity index (χ2n) is 4.07. The molecule has 0 aliphatic heterocycles. The summed E-state index contributed by atoms with van der Waals surface area (Å²) in [6.07, 6.45) is 7.11. The molecular formula is C18H18N2. The highest BCUT2D eigenvalue weighted by Crippen LogP contribution is 2.32. The van der Waals surface area contributed by atoms with Crippen molar-refractivity contribution >= 4 is 33.8 Å². The van der Waals surface area contributed by atoms with Crippen LogP contribution >= 0.6 is 0 Å². The van der Waals surface area contributed by atoms with Crippen LogP contribution in [0.15, 0.2) is 49.9 Å². The zero-order valence-corrected chi connectivity index (χ0v) is 11.9. The number of hydrogen-bond donors (Lipinski definition) is 0. The molecule has 0 spiro atoms. The molecule has 0 aliphatic carbocycles. The minimum atomic E-state index is 0.925. The largest absolute Gasteiger partial charge is 0.244 e. The first-order valence-corrected chi connectivity index (χ1v) is 6.76. The molecular weight excluding hydrogens is 244 g/mol. The third-order valence-electron chi connectivity index (χ3n) is 3.17. The molecule has 0 aliphatic rings. The van der Waals surface area contributed by atoms with E-state index >= 15 is 0 Å². The van der Waals surface area contributed by atoms with Crippen LogP contribution in [0.2, 0.25) is 0 Å². The van der Waals surface area contributed by atoms with Crippen molar-refractivity contribution in [3.8, 4) is 0 Å². The van der Waals surface area contributed by atoms with Crippen LogP contribution in [0.25, 0.3) is 33.8 Å². The molecule has 2 heteroatoms. The lowest BCUT2D eigenvalue weighted by Gasteiger charge is -2.11. The number of nitrogens with zero attached hydrogens (tertiary/aromatic N) is 2. The van der Waals surface area contributed by atoms with Gasteiger partial charge in [-0.15, -0.1) is 0 Å². The molecule has 0 atom stereocenters. The van der Waals surface area contributed by atoms with E-state index in [1.165, 1.54) is 0 Å². The van der Waals surface area contributed by atoms with Gasteiger partial charge in [0, 0.05) is 17.1 Å². The first-order chi connectivity index (χ1) is 9.86. The quantitative estimate of drug-likeness (QED) is 0.601. The Labute approximate surface area is 119 Å². The predicted molar refractivity (Wildman–Crippen MR) is 88.6 cm³/mol. The lowest BCUT2D eigenvalue weighted by molar-refractivity contribution is 1.22. The van der Waals surface area contributed by atoms with E-state index in [0.717, 1.165) is 32.8 Å². The van der Waals surface area contributed by atoms with Crippen LogP contribution in [0.4, 0.5) is 0 Å². The molecule has 1 heterocycles. The fourth-order valence-electron chi connectivity index (χ4n) is 2.39. The average molecular weight is 262 g/mol. The van der Waals surface area contributed by atoms with Gasteiger partial charge in [-0.2, -0.15) is 0 Å². The van der Waals surface area contributed by atoms with Crippen LogP contribution in [0, 0.1) is 0 Å². The molecule has 2 aromatic carbocycles. The lowest BCUT2D eigenvalue weighted by Crippen LogP contribution is -1.91. The highest BCUT2D eigenvalue weighted by atomic mass is 14.8. The van der Waals surface area contributed by atoms with Gasteiger partial charge in [0.15, 0.2) is 0 Å². The first-order valence-electron chi connectivity index (χ1n) is 6.76. The van der Waals surface area contributed by atoms with Gasteiger partial charge in [0.2, 0.25) is 0 Å². The maximum Gasteiger partial charge on any atom is 0.116 e. The van der Waals surface area contributed by atoms with Crippen LogP contribution < -0.4 is 0 Å². The molecule has 2 nitrogen and oxygen atoms in total. The van der Waals surface area contributed by atoms with Gasteiger partial charge in [0.25, 0.3) is 0 Å². The van der Waals surface area contributed by atoms with Crippen molar-refractivity contribution in [2.24, 2.45) is 0 Å². The number of hydrogen-bond acceptors (Lipinski definition) is 2. The third-order valence-corrected chi connectivity index (χ3v) is 3.17. The van der Waals surface area contributed by atoms with E-state index in [2.05, 4.69) is 35.3 Å². The topological polar surface area (TPSA) is 25.8 Å². The Morgan fingerprint density at radius 3 is 2.20 bits per heavy atom. The molecule has 0 bridgehead atoms. The van der Waals surface area contributed by atoms with Crippen molar-refractivity contribution in [2.75, 3.05) is 0 Å². The van der Waals surface area contributed by atoms with Crippen molar-refractivity contribution in [1.29, 1.82) is 0 Å². The molecule has 0 saturated carbocycles. The molecule has 0 amide bonds.